The van der Waals surface area contributed by atoms with E-state index < -0.39 is 0 Å². The van der Waals surface area contributed by atoms with Crippen LogP contribution in [0.4, 0.5) is 5.13 Å². The number of hydrogen-bond acceptors (Lipinski definition) is 5. The lowest BCUT2D eigenvalue weighted by Crippen LogP contribution is -2.09. The van der Waals surface area contributed by atoms with E-state index in [0.717, 1.165) is 28.3 Å². The van der Waals surface area contributed by atoms with E-state index in [-0.39, 0.29) is 12.3 Å². The van der Waals surface area contributed by atoms with E-state index in [1.165, 1.54) is 11.3 Å². The number of rotatable bonds is 6. The van der Waals surface area contributed by atoms with Gasteiger partial charge in [-0.2, -0.15) is 5.26 Å². The molecule has 0 spiro atoms. The molecule has 1 aromatic carbocycles. The summed E-state index contributed by atoms with van der Waals surface area (Å²) in [6.45, 7) is 4.62. The number of carbonyl (C=O) groups excluding carboxylic acids is 1. The van der Waals surface area contributed by atoms with Crippen molar-refractivity contribution in [1.82, 2.24) is 4.98 Å². The second-order valence-electron chi connectivity index (χ2n) is 4.48. The Bertz CT molecular complexity index is 686. The van der Waals surface area contributed by atoms with Crippen molar-refractivity contribution in [3.63, 3.8) is 0 Å². The number of benzene rings is 1. The van der Waals surface area contributed by atoms with Gasteiger partial charge >= 0.3 is 0 Å². The molecule has 1 aromatic heterocycles. The third-order valence-electron chi connectivity index (χ3n) is 2.94. The van der Waals surface area contributed by atoms with Crippen molar-refractivity contribution in [2.75, 3.05) is 11.9 Å². The van der Waals surface area contributed by atoms with Crippen LogP contribution in [0.25, 0.3) is 11.3 Å². The highest BCUT2D eigenvalue weighted by Crippen LogP contribution is 2.32. The van der Waals surface area contributed by atoms with Gasteiger partial charge in [0, 0.05) is 10.4 Å². The maximum atomic E-state index is 11.5. The quantitative estimate of drug-likeness (QED) is 0.883. The first-order valence-electron chi connectivity index (χ1n) is 7.07. The number of aryl methyl sites for hydroxylation is 1. The standard InChI is InChI=1S/C16H17N3O2S/c1-3-13-15(11-5-7-12(8-6-11)21-4-2)19-16(22-13)18-14(20)9-10-17/h5-8H,3-4,9H2,1-2H3,(H,18,19,20). The molecule has 0 aliphatic heterocycles. The summed E-state index contributed by atoms with van der Waals surface area (Å²) in [7, 11) is 0. The monoisotopic (exact) mass is 315 g/mol. The van der Waals surface area contributed by atoms with Gasteiger partial charge in [0.15, 0.2) is 5.13 Å². The number of aromatic nitrogens is 1. The van der Waals surface area contributed by atoms with Gasteiger partial charge in [0.1, 0.15) is 12.2 Å². The molecule has 0 saturated heterocycles. The van der Waals surface area contributed by atoms with Gasteiger partial charge in [-0.15, -0.1) is 11.3 Å². The van der Waals surface area contributed by atoms with Crippen molar-refractivity contribution in [3.8, 4) is 23.1 Å². The number of nitriles is 1. The number of ether oxygens (including phenoxy) is 1. The van der Waals surface area contributed by atoms with E-state index in [1.54, 1.807) is 0 Å². The predicted molar refractivity (Wildman–Crippen MR) is 87.0 cm³/mol. The first kappa shape index (κ1) is 16.0. The molecule has 1 N–H and O–H groups in total. The van der Waals surface area contributed by atoms with Crippen molar-refractivity contribution in [2.45, 2.75) is 26.7 Å². The van der Waals surface area contributed by atoms with Crippen molar-refractivity contribution in [1.29, 1.82) is 5.26 Å². The Morgan fingerprint density at radius 2 is 2.09 bits per heavy atom. The lowest BCUT2D eigenvalue weighted by Gasteiger charge is -2.04. The second kappa shape index (κ2) is 7.57. The van der Waals surface area contributed by atoms with Gasteiger partial charge < -0.3 is 10.1 Å². The third-order valence-corrected chi connectivity index (χ3v) is 4.06. The fourth-order valence-electron chi connectivity index (χ4n) is 1.98. The van der Waals surface area contributed by atoms with Gasteiger partial charge in [0.05, 0.1) is 18.4 Å². The topological polar surface area (TPSA) is 75.0 Å². The smallest absolute Gasteiger partial charge is 0.240 e. The number of anilines is 1. The zero-order valence-corrected chi connectivity index (χ0v) is 13.4. The molecule has 0 fully saturated rings. The largest absolute Gasteiger partial charge is 0.494 e. The summed E-state index contributed by atoms with van der Waals surface area (Å²) < 4.78 is 5.43. The molecule has 22 heavy (non-hydrogen) atoms. The van der Waals surface area contributed by atoms with Gasteiger partial charge in [-0.3, -0.25) is 4.79 Å². The van der Waals surface area contributed by atoms with E-state index in [1.807, 2.05) is 44.2 Å². The molecule has 2 rings (SSSR count). The third kappa shape index (κ3) is 3.83. The number of hydrogen-bond donors (Lipinski definition) is 1. The van der Waals surface area contributed by atoms with Crippen LogP contribution in [0.15, 0.2) is 24.3 Å². The maximum Gasteiger partial charge on any atom is 0.240 e. The number of amides is 1. The molecular weight excluding hydrogens is 298 g/mol. The van der Waals surface area contributed by atoms with Crippen LogP contribution in [0.3, 0.4) is 0 Å². The predicted octanol–water partition coefficient (Wildman–Crippen LogP) is 3.62. The maximum absolute atomic E-state index is 11.5. The fourth-order valence-corrected chi connectivity index (χ4v) is 2.92. The Labute approximate surface area is 133 Å². The summed E-state index contributed by atoms with van der Waals surface area (Å²) in [6.07, 6.45) is 0.660. The fraction of sp³-hybridized carbons (Fsp3) is 0.312. The highest BCUT2D eigenvalue weighted by Gasteiger charge is 2.13. The Morgan fingerprint density at radius 3 is 2.68 bits per heavy atom. The molecule has 0 atom stereocenters. The van der Waals surface area contributed by atoms with E-state index in [2.05, 4.69) is 10.3 Å². The van der Waals surface area contributed by atoms with E-state index >= 15 is 0 Å². The molecule has 6 heteroatoms. The first-order valence-corrected chi connectivity index (χ1v) is 7.89. The van der Waals surface area contributed by atoms with Crippen molar-refractivity contribution < 1.29 is 9.53 Å². The van der Waals surface area contributed by atoms with Gasteiger partial charge in [-0.1, -0.05) is 6.92 Å². The molecular formula is C16H17N3O2S. The van der Waals surface area contributed by atoms with E-state index in [4.69, 9.17) is 10.00 Å². The van der Waals surface area contributed by atoms with Crippen LogP contribution in [-0.2, 0) is 11.2 Å². The molecule has 2 aromatic rings. The minimum absolute atomic E-state index is 0.167. The summed E-state index contributed by atoms with van der Waals surface area (Å²) in [6, 6.07) is 9.56. The summed E-state index contributed by atoms with van der Waals surface area (Å²) in [5.41, 5.74) is 1.85. The summed E-state index contributed by atoms with van der Waals surface area (Å²) in [4.78, 5) is 17.1. The van der Waals surface area contributed by atoms with Gasteiger partial charge in [-0.25, -0.2) is 4.98 Å². The Kier molecular flexibility index (Phi) is 5.50. The normalized spacial score (nSPS) is 10.0. The Balaban J connectivity index is 2.24. The summed E-state index contributed by atoms with van der Waals surface area (Å²) >= 11 is 1.44. The van der Waals surface area contributed by atoms with Crippen LogP contribution in [0.5, 0.6) is 5.75 Å². The SMILES string of the molecule is CCOc1ccc(-c2nc(NC(=O)CC#N)sc2CC)cc1. The highest BCUT2D eigenvalue weighted by molar-refractivity contribution is 7.16. The average molecular weight is 315 g/mol. The number of thiazole rings is 1. The molecule has 5 nitrogen and oxygen atoms in total. The van der Waals surface area contributed by atoms with Gasteiger partial charge in [0.25, 0.3) is 0 Å². The van der Waals surface area contributed by atoms with Crippen LogP contribution in [0.1, 0.15) is 25.1 Å². The van der Waals surface area contributed by atoms with Gasteiger partial charge in [0.2, 0.25) is 5.91 Å². The minimum atomic E-state index is -0.336. The average Bonchev–Trinajstić information content (AvgIpc) is 2.91. The second-order valence-corrected chi connectivity index (χ2v) is 5.57. The van der Waals surface area contributed by atoms with Crippen LogP contribution < -0.4 is 10.1 Å². The lowest BCUT2D eigenvalue weighted by atomic mass is 10.1. The number of carbonyl (C=O) groups is 1. The van der Waals surface area contributed by atoms with Crippen LogP contribution in [-0.4, -0.2) is 17.5 Å². The highest BCUT2D eigenvalue weighted by atomic mass is 32.1. The molecule has 114 valence electrons. The minimum Gasteiger partial charge on any atom is -0.494 e. The Hall–Kier alpha value is -2.39. The van der Waals surface area contributed by atoms with Crippen molar-refractivity contribution in [2.24, 2.45) is 0 Å². The molecule has 0 bridgehead atoms. The van der Waals surface area contributed by atoms with Crippen LogP contribution >= 0.6 is 11.3 Å². The van der Waals surface area contributed by atoms with Gasteiger partial charge in [-0.05, 0) is 37.6 Å². The van der Waals surface area contributed by atoms with Crippen molar-refractivity contribution >= 4 is 22.4 Å². The molecule has 0 unspecified atom stereocenters. The molecule has 0 radical (unpaired) electrons. The molecule has 1 amide bonds. The number of nitrogens with one attached hydrogen (secondary N) is 1. The Morgan fingerprint density at radius 1 is 1.36 bits per heavy atom. The number of nitrogens with zero attached hydrogens (tertiary/aromatic N) is 2. The molecule has 0 aliphatic carbocycles. The zero-order chi connectivity index (χ0) is 15.9. The zero-order valence-electron chi connectivity index (χ0n) is 12.5. The summed E-state index contributed by atoms with van der Waals surface area (Å²) in [5, 5.41) is 11.7. The molecule has 0 saturated carbocycles. The van der Waals surface area contributed by atoms with Crippen LogP contribution in [0.2, 0.25) is 0 Å². The van der Waals surface area contributed by atoms with Crippen molar-refractivity contribution in [3.05, 3.63) is 29.1 Å². The summed E-state index contributed by atoms with van der Waals surface area (Å²) in [5.74, 6) is 0.485. The first-order chi connectivity index (χ1) is 10.7. The molecule has 0 aliphatic rings. The van der Waals surface area contributed by atoms with E-state index in [9.17, 15) is 4.79 Å². The lowest BCUT2D eigenvalue weighted by molar-refractivity contribution is -0.115. The van der Waals surface area contributed by atoms with E-state index in [0.29, 0.717) is 11.7 Å². The van der Waals surface area contributed by atoms with Crippen LogP contribution in [0, 0.1) is 11.3 Å². The molecule has 1 heterocycles.